The number of methoxy groups -OCH3 is 1. The molecule has 0 saturated carbocycles. The lowest BCUT2D eigenvalue weighted by molar-refractivity contribution is 0.397. The van der Waals surface area contributed by atoms with E-state index in [2.05, 4.69) is 29.1 Å². The third kappa shape index (κ3) is 3.23. The van der Waals surface area contributed by atoms with Crippen molar-refractivity contribution >= 4 is 17.4 Å². The van der Waals surface area contributed by atoms with Crippen LogP contribution in [0.4, 0.5) is 5.82 Å². The molecule has 0 aliphatic carbocycles. The van der Waals surface area contributed by atoms with Gasteiger partial charge in [-0.15, -0.1) is 0 Å². The molecule has 0 fully saturated rings. The van der Waals surface area contributed by atoms with Crippen LogP contribution in [0, 0.1) is 0 Å². The number of hydrogen-bond acceptors (Lipinski definition) is 4. The Balaban J connectivity index is 2.86. The molecule has 1 heterocycles. The molecule has 0 atom stereocenters. The fourth-order valence-corrected chi connectivity index (χ4v) is 1.42. The molecule has 0 unspecified atom stereocenters. The molecule has 84 valence electrons. The van der Waals surface area contributed by atoms with Crippen LogP contribution in [0.3, 0.4) is 0 Å². The zero-order valence-corrected chi connectivity index (χ0v) is 10.0. The molecule has 1 rings (SSSR count). The van der Waals surface area contributed by atoms with Crippen molar-refractivity contribution in [1.29, 1.82) is 0 Å². The fraction of sp³-hybridized carbons (Fsp3) is 0.600. The first-order valence-corrected chi connectivity index (χ1v) is 5.42. The number of nitrogens with one attached hydrogen (secondary N) is 1. The Morgan fingerprint density at radius 3 is 2.67 bits per heavy atom. The average molecular weight is 230 g/mol. The molecular weight excluding hydrogens is 214 g/mol. The maximum atomic E-state index is 5.77. The highest BCUT2D eigenvalue weighted by Gasteiger charge is 2.10. The van der Waals surface area contributed by atoms with Crippen LogP contribution in [-0.4, -0.2) is 23.1 Å². The highest BCUT2D eigenvalue weighted by atomic mass is 35.5. The van der Waals surface area contributed by atoms with Gasteiger partial charge in [0.15, 0.2) is 5.82 Å². The molecule has 5 heteroatoms. The number of aromatic nitrogens is 2. The zero-order valence-electron chi connectivity index (χ0n) is 9.25. The monoisotopic (exact) mass is 229 g/mol. The molecule has 15 heavy (non-hydrogen) atoms. The van der Waals surface area contributed by atoms with E-state index in [1.165, 1.54) is 6.20 Å². The summed E-state index contributed by atoms with van der Waals surface area (Å²) >= 11 is 5.77. The lowest BCUT2D eigenvalue weighted by atomic mass is 10.2. The Hall–Kier alpha value is -1.03. The van der Waals surface area contributed by atoms with Gasteiger partial charge < -0.3 is 10.1 Å². The van der Waals surface area contributed by atoms with Crippen molar-refractivity contribution in [2.24, 2.45) is 0 Å². The number of ether oxygens (including phenoxy) is 1. The van der Waals surface area contributed by atoms with E-state index in [1.807, 2.05) is 0 Å². The summed E-state index contributed by atoms with van der Waals surface area (Å²) in [7, 11) is 1.57. The largest absolute Gasteiger partial charge is 0.478 e. The van der Waals surface area contributed by atoms with Crippen LogP contribution < -0.4 is 10.1 Å². The molecule has 0 amide bonds. The highest BCUT2D eigenvalue weighted by molar-refractivity contribution is 6.29. The smallest absolute Gasteiger partial charge is 0.257 e. The van der Waals surface area contributed by atoms with E-state index in [1.54, 1.807) is 7.11 Å². The standard InChI is InChI=1S/C10H16ClN3O/c1-4-7(5-2)13-9-10(15-3)12-6-8(11)14-9/h6-7H,4-5H2,1-3H3,(H,13,14). The van der Waals surface area contributed by atoms with E-state index >= 15 is 0 Å². The van der Waals surface area contributed by atoms with Gasteiger partial charge in [0.05, 0.1) is 13.3 Å². The van der Waals surface area contributed by atoms with Gasteiger partial charge >= 0.3 is 0 Å². The van der Waals surface area contributed by atoms with E-state index in [9.17, 15) is 0 Å². The van der Waals surface area contributed by atoms with Gasteiger partial charge in [0.1, 0.15) is 5.15 Å². The summed E-state index contributed by atoms with van der Waals surface area (Å²) in [5, 5.41) is 3.62. The van der Waals surface area contributed by atoms with Crippen LogP contribution in [0.1, 0.15) is 26.7 Å². The van der Waals surface area contributed by atoms with Gasteiger partial charge in [0.2, 0.25) is 0 Å². The Labute approximate surface area is 95.0 Å². The summed E-state index contributed by atoms with van der Waals surface area (Å²) in [6, 6.07) is 0.367. The van der Waals surface area contributed by atoms with E-state index in [4.69, 9.17) is 16.3 Å². The van der Waals surface area contributed by atoms with Gasteiger partial charge in [-0.3, -0.25) is 0 Å². The van der Waals surface area contributed by atoms with E-state index < -0.39 is 0 Å². The predicted molar refractivity (Wildman–Crippen MR) is 61.6 cm³/mol. The predicted octanol–water partition coefficient (Wildman–Crippen LogP) is 2.74. The summed E-state index contributed by atoms with van der Waals surface area (Å²) < 4.78 is 5.10. The third-order valence-electron chi connectivity index (χ3n) is 2.23. The normalized spacial score (nSPS) is 10.5. The molecule has 0 spiro atoms. The summed E-state index contributed by atoms with van der Waals surface area (Å²) in [6.45, 7) is 4.23. The molecule has 1 aromatic rings. The minimum absolute atomic E-state index is 0.365. The summed E-state index contributed by atoms with van der Waals surface area (Å²) in [5.74, 6) is 1.09. The minimum Gasteiger partial charge on any atom is -0.478 e. The van der Waals surface area contributed by atoms with Crippen molar-refractivity contribution in [2.45, 2.75) is 32.7 Å². The maximum absolute atomic E-state index is 5.77. The molecule has 0 aromatic carbocycles. The van der Waals surface area contributed by atoms with Crippen LogP contribution in [0.2, 0.25) is 5.15 Å². The molecular formula is C10H16ClN3O. The second-order valence-electron chi connectivity index (χ2n) is 3.21. The average Bonchev–Trinajstić information content (AvgIpc) is 2.26. The van der Waals surface area contributed by atoms with Crippen LogP contribution in [-0.2, 0) is 0 Å². The van der Waals surface area contributed by atoms with Crippen LogP contribution in [0.5, 0.6) is 5.88 Å². The SMILES string of the molecule is CCC(CC)Nc1nc(Cl)cnc1OC. The van der Waals surface area contributed by atoms with E-state index in [-0.39, 0.29) is 0 Å². The topological polar surface area (TPSA) is 47.0 Å². The Kier molecular flexibility index (Phi) is 4.62. The van der Waals surface area contributed by atoms with Gasteiger partial charge in [0.25, 0.3) is 5.88 Å². The number of anilines is 1. The second-order valence-corrected chi connectivity index (χ2v) is 3.60. The van der Waals surface area contributed by atoms with Gasteiger partial charge in [0, 0.05) is 6.04 Å². The Morgan fingerprint density at radius 2 is 2.13 bits per heavy atom. The fourth-order valence-electron chi connectivity index (χ4n) is 1.29. The van der Waals surface area contributed by atoms with Gasteiger partial charge in [-0.05, 0) is 12.8 Å². The third-order valence-corrected chi connectivity index (χ3v) is 2.41. The molecule has 0 saturated heterocycles. The number of halogens is 1. The van der Waals surface area contributed by atoms with Crippen molar-refractivity contribution in [3.63, 3.8) is 0 Å². The number of hydrogen-bond donors (Lipinski definition) is 1. The molecule has 1 N–H and O–H groups in total. The van der Waals surface area contributed by atoms with Crippen LogP contribution in [0.25, 0.3) is 0 Å². The Bertz CT molecular complexity index is 316. The van der Waals surface area contributed by atoms with Gasteiger partial charge in [-0.2, -0.15) is 0 Å². The quantitative estimate of drug-likeness (QED) is 0.844. The van der Waals surface area contributed by atoms with Crippen molar-refractivity contribution in [2.75, 3.05) is 12.4 Å². The summed E-state index contributed by atoms with van der Waals surface area (Å²) in [5.41, 5.74) is 0. The first-order valence-electron chi connectivity index (χ1n) is 5.04. The zero-order chi connectivity index (χ0) is 11.3. The Morgan fingerprint density at radius 1 is 1.47 bits per heavy atom. The van der Waals surface area contributed by atoms with Gasteiger partial charge in [-0.25, -0.2) is 9.97 Å². The summed E-state index contributed by atoms with van der Waals surface area (Å²) in [4.78, 5) is 8.19. The summed E-state index contributed by atoms with van der Waals surface area (Å²) in [6.07, 6.45) is 3.51. The highest BCUT2D eigenvalue weighted by Crippen LogP contribution is 2.22. The van der Waals surface area contributed by atoms with Crippen molar-refractivity contribution in [1.82, 2.24) is 9.97 Å². The first kappa shape index (κ1) is 12.0. The van der Waals surface area contributed by atoms with Crippen LogP contribution in [0.15, 0.2) is 6.20 Å². The lowest BCUT2D eigenvalue weighted by Crippen LogP contribution is -2.18. The molecule has 1 aromatic heterocycles. The molecule has 4 nitrogen and oxygen atoms in total. The minimum atomic E-state index is 0.365. The second kappa shape index (κ2) is 5.75. The van der Waals surface area contributed by atoms with Crippen molar-refractivity contribution in [3.8, 4) is 5.88 Å². The first-order chi connectivity index (χ1) is 7.21. The van der Waals surface area contributed by atoms with Crippen molar-refractivity contribution in [3.05, 3.63) is 11.3 Å². The van der Waals surface area contributed by atoms with Gasteiger partial charge in [-0.1, -0.05) is 25.4 Å². The molecule has 0 bridgehead atoms. The molecule has 0 radical (unpaired) electrons. The van der Waals surface area contributed by atoms with E-state index in [0.717, 1.165) is 12.8 Å². The lowest BCUT2D eigenvalue weighted by Gasteiger charge is -2.16. The molecule has 0 aliphatic heterocycles. The maximum Gasteiger partial charge on any atom is 0.257 e. The number of rotatable bonds is 5. The molecule has 0 aliphatic rings. The van der Waals surface area contributed by atoms with Crippen LogP contribution >= 0.6 is 11.6 Å². The van der Waals surface area contributed by atoms with E-state index in [0.29, 0.717) is 22.9 Å². The number of nitrogens with zero attached hydrogens (tertiary/aromatic N) is 2. The van der Waals surface area contributed by atoms with Crippen molar-refractivity contribution < 1.29 is 4.74 Å².